The minimum atomic E-state index is -3.72. The number of morpholine rings is 1. The number of ether oxygens (including phenoxy) is 1. The molecule has 0 aromatic heterocycles. The Morgan fingerprint density at radius 3 is 2.30 bits per heavy atom. The topological polar surface area (TPSA) is 55.8 Å². The van der Waals surface area contributed by atoms with Gasteiger partial charge in [0.25, 0.3) is 0 Å². The van der Waals surface area contributed by atoms with Crippen LogP contribution in [0.3, 0.4) is 0 Å². The third kappa shape index (κ3) is 4.89. The van der Waals surface area contributed by atoms with Crippen LogP contribution in [0.1, 0.15) is 31.9 Å². The molecule has 0 spiro atoms. The van der Waals surface area contributed by atoms with Crippen molar-refractivity contribution in [3.8, 4) is 0 Å². The summed E-state index contributed by atoms with van der Waals surface area (Å²) in [4.78, 5) is 0.0761. The van der Waals surface area contributed by atoms with E-state index in [1.165, 1.54) is 4.31 Å². The average molecular weight is 454 g/mol. The lowest BCUT2D eigenvalue weighted by molar-refractivity contribution is 0.0730. The summed E-state index contributed by atoms with van der Waals surface area (Å²) in [6, 6.07) is 1.62. The first-order valence-corrected chi connectivity index (χ1v) is 14.1. The molecule has 0 N–H and O–H groups in total. The Labute approximate surface area is 174 Å². The minimum Gasteiger partial charge on any atom is -0.413 e. The van der Waals surface area contributed by atoms with Gasteiger partial charge in [-0.25, -0.2) is 8.42 Å². The fourth-order valence-electron chi connectivity index (χ4n) is 2.61. The van der Waals surface area contributed by atoms with E-state index in [2.05, 4.69) is 33.9 Å². The SMILES string of the molecule is Cc1c(Cl)c(CO[Si](C)(C)C(C)(C)C)cc(Cl)c1S(=O)(=O)N1CCOCC1. The lowest BCUT2D eigenvalue weighted by Gasteiger charge is -2.36. The first-order valence-electron chi connectivity index (χ1n) is 8.98. The highest BCUT2D eigenvalue weighted by atomic mass is 35.5. The van der Waals surface area contributed by atoms with Gasteiger partial charge in [0.2, 0.25) is 10.0 Å². The van der Waals surface area contributed by atoms with Gasteiger partial charge in [-0.2, -0.15) is 4.31 Å². The molecule has 0 aliphatic carbocycles. The summed E-state index contributed by atoms with van der Waals surface area (Å²) < 4.78 is 39.0. The summed E-state index contributed by atoms with van der Waals surface area (Å²) >= 11 is 12.9. The molecule has 1 aromatic rings. The lowest BCUT2D eigenvalue weighted by Crippen LogP contribution is -2.41. The highest BCUT2D eigenvalue weighted by Gasteiger charge is 2.37. The molecule has 1 aliphatic heterocycles. The van der Waals surface area contributed by atoms with Crippen molar-refractivity contribution in [2.24, 2.45) is 0 Å². The maximum atomic E-state index is 13.0. The number of halogens is 2. The van der Waals surface area contributed by atoms with Crippen LogP contribution in [0, 0.1) is 6.92 Å². The van der Waals surface area contributed by atoms with Crippen molar-refractivity contribution in [2.75, 3.05) is 26.3 Å². The van der Waals surface area contributed by atoms with Crippen LogP contribution in [0.2, 0.25) is 28.2 Å². The maximum absolute atomic E-state index is 13.0. The van der Waals surface area contributed by atoms with Crippen LogP contribution in [0.25, 0.3) is 0 Å². The van der Waals surface area contributed by atoms with Crippen molar-refractivity contribution in [3.63, 3.8) is 0 Å². The van der Waals surface area contributed by atoms with E-state index >= 15 is 0 Å². The van der Waals surface area contributed by atoms with Crippen LogP contribution in [0.5, 0.6) is 0 Å². The molecule has 1 aliphatic rings. The molecular formula is C18H29Cl2NO4SSi. The summed E-state index contributed by atoms with van der Waals surface area (Å²) in [5, 5.41) is 0.639. The van der Waals surface area contributed by atoms with Crippen molar-refractivity contribution in [3.05, 3.63) is 27.2 Å². The zero-order valence-corrected chi connectivity index (χ0v) is 20.2. The Morgan fingerprint density at radius 2 is 1.78 bits per heavy atom. The third-order valence-electron chi connectivity index (χ3n) is 5.43. The molecule has 0 amide bonds. The highest BCUT2D eigenvalue weighted by Crippen LogP contribution is 2.39. The van der Waals surface area contributed by atoms with Crippen LogP contribution >= 0.6 is 23.2 Å². The molecule has 2 rings (SSSR count). The number of hydrogen-bond donors (Lipinski definition) is 0. The van der Waals surface area contributed by atoms with Gasteiger partial charge >= 0.3 is 0 Å². The standard InChI is InChI=1S/C18H29Cl2NO4SSi/c1-13-16(20)14(12-25-27(5,6)18(2,3)4)11-15(19)17(13)26(22,23)21-7-9-24-10-8-21/h11H,7-10,12H2,1-6H3. The number of sulfonamides is 1. The first kappa shape index (κ1) is 23.1. The van der Waals surface area contributed by atoms with Crippen LogP contribution in [0.4, 0.5) is 0 Å². The van der Waals surface area contributed by atoms with Gasteiger partial charge in [0.15, 0.2) is 8.32 Å². The van der Waals surface area contributed by atoms with Crippen LogP contribution in [-0.2, 0) is 25.8 Å². The van der Waals surface area contributed by atoms with E-state index < -0.39 is 18.3 Å². The maximum Gasteiger partial charge on any atom is 0.245 e. The summed E-state index contributed by atoms with van der Waals surface area (Å²) in [7, 11) is -5.69. The van der Waals surface area contributed by atoms with Crippen molar-refractivity contribution >= 4 is 41.5 Å². The second kappa shape index (κ2) is 8.30. The molecule has 1 saturated heterocycles. The Bertz CT molecular complexity index is 801. The van der Waals surface area contributed by atoms with E-state index in [0.717, 1.165) is 0 Å². The predicted molar refractivity (Wildman–Crippen MR) is 113 cm³/mol. The van der Waals surface area contributed by atoms with E-state index in [-0.39, 0.29) is 15.0 Å². The monoisotopic (exact) mass is 453 g/mol. The average Bonchev–Trinajstić information content (AvgIpc) is 2.56. The van der Waals surface area contributed by atoms with Gasteiger partial charge in [0.1, 0.15) is 4.90 Å². The molecule has 0 saturated carbocycles. The molecule has 5 nitrogen and oxygen atoms in total. The molecule has 1 aromatic carbocycles. The number of rotatable bonds is 5. The molecule has 9 heteroatoms. The lowest BCUT2D eigenvalue weighted by atomic mass is 10.1. The minimum absolute atomic E-state index is 0.0674. The van der Waals surface area contributed by atoms with Gasteiger partial charge in [-0.15, -0.1) is 0 Å². The number of nitrogens with zero attached hydrogens (tertiary/aromatic N) is 1. The van der Waals surface area contributed by atoms with Gasteiger partial charge < -0.3 is 9.16 Å². The Morgan fingerprint density at radius 1 is 1.22 bits per heavy atom. The fraction of sp³-hybridized carbons (Fsp3) is 0.667. The largest absolute Gasteiger partial charge is 0.413 e. The molecule has 0 unspecified atom stereocenters. The smallest absolute Gasteiger partial charge is 0.245 e. The van der Waals surface area contributed by atoms with Crippen molar-refractivity contribution in [1.82, 2.24) is 4.31 Å². The van der Waals surface area contributed by atoms with Gasteiger partial charge in [-0.05, 0) is 42.2 Å². The first-order chi connectivity index (χ1) is 12.3. The summed E-state index contributed by atoms with van der Waals surface area (Å²) in [5.74, 6) is 0. The number of benzene rings is 1. The molecule has 0 atom stereocenters. The van der Waals surface area contributed by atoms with Crippen molar-refractivity contribution < 1.29 is 17.6 Å². The summed E-state index contributed by atoms with van der Waals surface area (Å²) in [5.41, 5.74) is 1.18. The van der Waals surface area contributed by atoms with Crippen LogP contribution in [0.15, 0.2) is 11.0 Å². The zero-order valence-electron chi connectivity index (χ0n) is 16.9. The molecule has 27 heavy (non-hydrogen) atoms. The fourth-order valence-corrected chi connectivity index (χ4v) is 6.07. The van der Waals surface area contributed by atoms with E-state index in [4.69, 9.17) is 32.4 Å². The molecule has 1 fully saturated rings. The predicted octanol–water partition coefficient (Wildman–Crippen LogP) is 4.84. The molecule has 154 valence electrons. The molecule has 0 bridgehead atoms. The van der Waals surface area contributed by atoms with E-state index in [1.807, 2.05) is 0 Å². The second-order valence-electron chi connectivity index (χ2n) is 8.35. The summed E-state index contributed by atoms with van der Waals surface area (Å²) in [6.45, 7) is 14.2. The van der Waals surface area contributed by atoms with Gasteiger partial charge in [0, 0.05) is 13.1 Å². The van der Waals surface area contributed by atoms with E-state index in [9.17, 15) is 8.42 Å². The second-order valence-corrected chi connectivity index (χ2v) is 15.8. The van der Waals surface area contributed by atoms with Crippen molar-refractivity contribution in [1.29, 1.82) is 0 Å². The molecular weight excluding hydrogens is 425 g/mol. The van der Waals surface area contributed by atoms with E-state index in [1.54, 1.807) is 13.0 Å². The normalized spacial score (nSPS) is 17.3. The van der Waals surface area contributed by atoms with Gasteiger partial charge in [-0.1, -0.05) is 44.0 Å². The van der Waals surface area contributed by atoms with Crippen LogP contribution in [-0.4, -0.2) is 47.3 Å². The van der Waals surface area contributed by atoms with Crippen molar-refractivity contribution in [2.45, 2.75) is 57.3 Å². The van der Waals surface area contributed by atoms with Crippen LogP contribution < -0.4 is 0 Å². The number of hydrogen-bond acceptors (Lipinski definition) is 4. The molecule has 0 radical (unpaired) electrons. The Kier molecular flexibility index (Phi) is 7.11. The summed E-state index contributed by atoms with van der Waals surface area (Å²) in [6.07, 6.45) is 0. The Hall–Kier alpha value is -0.153. The highest BCUT2D eigenvalue weighted by molar-refractivity contribution is 7.89. The zero-order chi connectivity index (χ0) is 20.6. The third-order valence-corrected chi connectivity index (χ3v) is 12.9. The quantitative estimate of drug-likeness (QED) is 0.598. The van der Waals surface area contributed by atoms with Gasteiger partial charge in [-0.3, -0.25) is 0 Å². The molecule has 1 heterocycles. The van der Waals surface area contributed by atoms with Gasteiger partial charge in [0.05, 0.1) is 29.9 Å². The Balaban J connectivity index is 2.36. The van der Waals surface area contributed by atoms with E-state index in [0.29, 0.717) is 49.1 Å².